The molecule has 0 aliphatic rings. The van der Waals surface area contributed by atoms with Crippen LogP contribution in [0.4, 0.5) is 5.69 Å². The third kappa shape index (κ3) is 3.57. The number of halogens is 2. The molecule has 0 bridgehead atoms. The highest BCUT2D eigenvalue weighted by Gasteiger charge is 2.23. The zero-order valence-electron chi connectivity index (χ0n) is 7.97. The van der Waals surface area contributed by atoms with E-state index in [1.807, 2.05) is 38.1 Å². The van der Waals surface area contributed by atoms with Crippen molar-refractivity contribution < 1.29 is 4.79 Å². The van der Waals surface area contributed by atoms with Crippen molar-refractivity contribution in [3.63, 3.8) is 0 Å². The standard InChI is InChI=1S/C10H11BrINO/c1-10(2,11)9(14)13-8-5-3-7(12)4-6-8/h3-6H,1-2H3,(H,13,14). The summed E-state index contributed by atoms with van der Waals surface area (Å²) >= 11 is 5.53. The quantitative estimate of drug-likeness (QED) is 0.630. The summed E-state index contributed by atoms with van der Waals surface area (Å²) < 4.78 is 0.620. The first-order chi connectivity index (χ1) is 6.39. The smallest absolute Gasteiger partial charge is 0.240 e. The van der Waals surface area contributed by atoms with Crippen LogP contribution >= 0.6 is 38.5 Å². The molecule has 0 aliphatic carbocycles. The molecule has 1 N–H and O–H groups in total. The molecular formula is C10H11BrINO. The average Bonchev–Trinajstić information content (AvgIpc) is 2.07. The summed E-state index contributed by atoms with van der Waals surface area (Å²) in [7, 11) is 0. The maximum atomic E-state index is 11.6. The molecule has 0 atom stereocenters. The molecule has 1 rings (SSSR count). The lowest BCUT2D eigenvalue weighted by molar-refractivity contribution is -0.117. The predicted octanol–water partition coefficient (Wildman–Crippen LogP) is 3.40. The second kappa shape index (κ2) is 4.61. The number of hydrogen-bond acceptors (Lipinski definition) is 1. The number of carbonyl (C=O) groups excluding carboxylic acids is 1. The maximum Gasteiger partial charge on any atom is 0.240 e. The second-order valence-electron chi connectivity index (χ2n) is 3.43. The van der Waals surface area contributed by atoms with Crippen molar-refractivity contribution in [3.05, 3.63) is 27.8 Å². The number of rotatable bonds is 2. The molecule has 0 saturated heterocycles. The van der Waals surface area contributed by atoms with E-state index in [0.29, 0.717) is 0 Å². The Morgan fingerprint density at radius 1 is 1.36 bits per heavy atom. The maximum absolute atomic E-state index is 11.6. The molecule has 1 aromatic rings. The van der Waals surface area contributed by atoms with E-state index in [2.05, 4.69) is 43.8 Å². The number of hydrogen-bond donors (Lipinski definition) is 1. The van der Waals surface area contributed by atoms with Gasteiger partial charge in [0.1, 0.15) is 0 Å². The Bertz CT molecular complexity index is 329. The van der Waals surface area contributed by atoms with Gasteiger partial charge in [0.05, 0.1) is 4.32 Å². The molecule has 76 valence electrons. The van der Waals surface area contributed by atoms with Gasteiger partial charge in [-0.15, -0.1) is 0 Å². The first kappa shape index (κ1) is 12.0. The van der Waals surface area contributed by atoms with E-state index in [1.54, 1.807) is 0 Å². The summed E-state index contributed by atoms with van der Waals surface area (Å²) in [6, 6.07) is 7.69. The van der Waals surface area contributed by atoms with Gasteiger partial charge in [-0.1, -0.05) is 15.9 Å². The molecule has 0 aliphatic heterocycles. The summed E-state index contributed by atoms with van der Waals surface area (Å²) in [6.07, 6.45) is 0. The van der Waals surface area contributed by atoms with E-state index in [4.69, 9.17) is 0 Å². The fourth-order valence-electron chi connectivity index (χ4n) is 0.813. The number of anilines is 1. The van der Waals surface area contributed by atoms with Gasteiger partial charge in [0.15, 0.2) is 0 Å². The zero-order valence-corrected chi connectivity index (χ0v) is 11.7. The Balaban J connectivity index is 2.71. The van der Waals surface area contributed by atoms with E-state index in [9.17, 15) is 4.79 Å². The van der Waals surface area contributed by atoms with Crippen molar-refractivity contribution in [1.29, 1.82) is 0 Å². The lowest BCUT2D eigenvalue weighted by Crippen LogP contribution is -2.30. The molecule has 0 saturated carbocycles. The van der Waals surface area contributed by atoms with E-state index in [0.717, 1.165) is 9.26 Å². The van der Waals surface area contributed by atoms with Gasteiger partial charge >= 0.3 is 0 Å². The van der Waals surface area contributed by atoms with Crippen LogP contribution in [0, 0.1) is 3.57 Å². The Labute approximate surface area is 106 Å². The summed E-state index contributed by atoms with van der Waals surface area (Å²) in [5, 5.41) is 2.82. The Kier molecular flexibility index (Phi) is 3.94. The monoisotopic (exact) mass is 367 g/mol. The van der Waals surface area contributed by atoms with Gasteiger partial charge in [0.2, 0.25) is 5.91 Å². The molecule has 1 amide bonds. The van der Waals surface area contributed by atoms with Crippen LogP contribution < -0.4 is 5.32 Å². The number of alkyl halides is 1. The number of nitrogens with one attached hydrogen (secondary N) is 1. The highest BCUT2D eigenvalue weighted by molar-refractivity contribution is 14.1. The first-order valence-corrected chi connectivity index (χ1v) is 6.03. The fraction of sp³-hybridized carbons (Fsp3) is 0.300. The molecular weight excluding hydrogens is 357 g/mol. The molecule has 0 fully saturated rings. The zero-order chi connectivity index (χ0) is 10.8. The molecule has 0 heterocycles. The number of benzene rings is 1. The van der Waals surface area contributed by atoms with Crippen LogP contribution in [0.1, 0.15) is 13.8 Å². The van der Waals surface area contributed by atoms with Crippen molar-refractivity contribution in [3.8, 4) is 0 Å². The average molecular weight is 368 g/mol. The summed E-state index contributed by atoms with van der Waals surface area (Å²) in [5.41, 5.74) is 0.822. The van der Waals surface area contributed by atoms with E-state index >= 15 is 0 Å². The summed E-state index contributed by atoms with van der Waals surface area (Å²) in [4.78, 5) is 11.6. The van der Waals surface area contributed by atoms with Gasteiger partial charge in [0.25, 0.3) is 0 Å². The third-order valence-electron chi connectivity index (χ3n) is 1.64. The van der Waals surface area contributed by atoms with Gasteiger partial charge in [-0.3, -0.25) is 4.79 Å². The molecule has 4 heteroatoms. The van der Waals surface area contributed by atoms with Crippen LogP contribution in [-0.4, -0.2) is 10.2 Å². The second-order valence-corrected chi connectivity index (χ2v) is 6.66. The van der Waals surface area contributed by atoms with E-state index in [-0.39, 0.29) is 5.91 Å². The number of carbonyl (C=O) groups is 1. The van der Waals surface area contributed by atoms with Gasteiger partial charge in [-0.05, 0) is 60.7 Å². The van der Waals surface area contributed by atoms with E-state index < -0.39 is 4.32 Å². The number of amides is 1. The highest BCUT2D eigenvalue weighted by atomic mass is 127. The Morgan fingerprint density at radius 3 is 2.29 bits per heavy atom. The lowest BCUT2D eigenvalue weighted by atomic mass is 10.2. The summed E-state index contributed by atoms with van der Waals surface area (Å²) in [5.74, 6) is -0.0429. The third-order valence-corrected chi connectivity index (χ3v) is 2.72. The molecule has 0 aromatic heterocycles. The van der Waals surface area contributed by atoms with Gasteiger partial charge in [-0.2, -0.15) is 0 Å². The van der Waals surface area contributed by atoms with Crippen molar-refractivity contribution in [2.24, 2.45) is 0 Å². The Morgan fingerprint density at radius 2 is 1.86 bits per heavy atom. The lowest BCUT2D eigenvalue weighted by Gasteiger charge is -2.15. The minimum absolute atomic E-state index is 0.0429. The van der Waals surface area contributed by atoms with Gasteiger partial charge < -0.3 is 5.32 Å². The first-order valence-electron chi connectivity index (χ1n) is 4.15. The SMILES string of the molecule is CC(C)(Br)C(=O)Nc1ccc(I)cc1. The van der Waals surface area contributed by atoms with Crippen molar-refractivity contribution >= 4 is 50.1 Å². The minimum Gasteiger partial charge on any atom is -0.325 e. The van der Waals surface area contributed by atoms with Crippen molar-refractivity contribution in [1.82, 2.24) is 0 Å². The van der Waals surface area contributed by atoms with Crippen LogP contribution in [0.3, 0.4) is 0 Å². The minimum atomic E-state index is -0.532. The van der Waals surface area contributed by atoms with Crippen LogP contribution in [0.2, 0.25) is 0 Å². The molecule has 0 unspecified atom stereocenters. The molecule has 2 nitrogen and oxygen atoms in total. The van der Waals surface area contributed by atoms with Crippen LogP contribution in [0.25, 0.3) is 0 Å². The van der Waals surface area contributed by atoms with Crippen molar-refractivity contribution in [2.75, 3.05) is 5.32 Å². The topological polar surface area (TPSA) is 29.1 Å². The van der Waals surface area contributed by atoms with Crippen LogP contribution in [-0.2, 0) is 4.79 Å². The molecule has 14 heavy (non-hydrogen) atoms. The predicted molar refractivity (Wildman–Crippen MR) is 70.8 cm³/mol. The molecule has 0 radical (unpaired) electrons. The van der Waals surface area contributed by atoms with Gasteiger partial charge in [-0.25, -0.2) is 0 Å². The van der Waals surface area contributed by atoms with Crippen LogP contribution in [0.5, 0.6) is 0 Å². The molecule has 1 aromatic carbocycles. The van der Waals surface area contributed by atoms with Crippen LogP contribution in [0.15, 0.2) is 24.3 Å². The highest BCUT2D eigenvalue weighted by Crippen LogP contribution is 2.19. The largest absolute Gasteiger partial charge is 0.325 e. The molecule has 0 spiro atoms. The normalized spacial score (nSPS) is 11.1. The Hall–Kier alpha value is -0.100. The van der Waals surface area contributed by atoms with E-state index in [1.165, 1.54) is 0 Å². The van der Waals surface area contributed by atoms with Crippen molar-refractivity contribution in [2.45, 2.75) is 18.2 Å². The van der Waals surface area contributed by atoms with Gasteiger partial charge in [0, 0.05) is 9.26 Å². The summed E-state index contributed by atoms with van der Waals surface area (Å²) in [6.45, 7) is 3.63. The fourth-order valence-corrected chi connectivity index (χ4v) is 1.27.